The minimum Gasteiger partial charge on any atom is -0.305 e. The van der Waals surface area contributed by atoms with Crippen LogP contribution in [0.25, 0.3) is 0 Å². The maximum Gasteiger partial charge on any atom is 0.151 e. The summed E-state index contributed by atoms with van der Waals surface area (Å²) in [5, 5.41) is 0. The van der Waals surface area contributed by atoms with Crippen LogP contribution < -0.4 is 0 Å². The molecule has 1 aromatic carbocycles. The number of carbonyl (C=O) groups excluding carboxylic acids is 1. The number of carbonyl (C=O) groups is 1. The average molecular weight is 278 g/mol. The number of likely N-dealkylation sites (tertiary alicyclic amines) is 1. The van der Waals surface area contributed by atoms with Crippen molar-refractivity contribution in [3.63, 3.8) is 0 Å². The number of nitrogens with zero attached hydrogens (tertiary/aromatic N) is 2. The van der Waals surface area contributed by atoms with E-state index in [2.05, 4.69) is 23.9 Å². The molecule has 1 aliphatic heterocycles. The van der Waals surface area contributed by atoms with E-state index < -0.39 is 0 Å². The lowest BCUT2D eigenvalue weighted by Gasteiger charge is -2.35. The van der Waals surface area contributed by atoms with Crippen molar-refractivity contribution < 1.29 is 9.18 Å². The average Bonchev–Trinajstić information content (AvgIpc) is 2.41. The Bertz CT molecular complexity index is 444. The molecule has 0 saturated carbocycles. The lowest BCUT2D eigenvalue weighted by atomic mass is 10.0. The minimum absolute atomic E-state index is 0.205. The number of hydrogen-bond donors (Lipinski definition) is 0. The topological polar surface area (TPSA) is 23.6 Å². The summed E-state index contributed by atoms with van der Waals surface area (Å²) in [4.78, 5) is 16.6. The van der Waals surface area contributed by atoms with Gasteiger partial charge in [0.2, 0.25) is 0 Å². The molecule has 20 heavy (non-hydrogen) atoms. The highest BCUT2D eigenvalue weighted by atomic mass is 19.1. The Labute approximate surface area is 120 Å². The molecule has 0 amide bonds. The van der Waals surface area contributed by atoms with E-state index in [1.54, 1.807) is 12.1 Å². The Morgan fingerprint density at radius 2 is 2.05 bits per heavy atom. The highest BCUT2D eigenvalue weighted by Crippen LogP contribution is 2.14. The summed E-state index contributed by atoms with van der Waals surface area (Å²) >= 11 is 0. The number of likely N-dealkylation sites (N-methyl/N-ethyl adjacent to an activating group) is 1. The first-order valence-electron chi connectivity index (χ1n) is 7.19. The highest BCUT2D eigenvalue weighted by Gasteiger charge is 2.22. The first-order chi connectivity index (χ1) is 9.54. The fraction of sp³-hybridized carbons (Fsp3) is 0.562. The van der Waals surface area contributed by atoms with E-state index in [0.717, 1.165) is 25.1 Å². The lowest BCUT2D eigenvalue weighted by molar-refractivity contribution is -0.120. The predicted octanol–water partition coefficient (Wildman–Crippen LogP) is 1.96. The van der Waals surface area contributed by atoms with Crippen molar-refractivity contribution in [3.05, 3.63) is 35.6 Å². The van der Waals surface area contributed by atoms with Crippen molar-refractivity contribution in [1.82, 2.24) is 9.80 Å². The van der Waals surface area contributed by atoms with Gasteiger partial charge in [0.05, 0.1) is 6.54 Å². The van der Waals surface area contributed by atoms with Gasteiger partial charge < -0.3 is 4.90 Å². The van der Waals surface area contributed by atoms with Crippen molar-refractivity contribution >= 4 is 5.78 Å². The van der Waals surface area contributed by atoms with Crippen LogP contribution in [-0.4, -0.2) is 55.4 Å². The van der Waals surface area contributed by atoms with Gasteiger partial charge in [0, 0.05) is 19.0 Å². The molecule has 0 radical (unpaired) electrons. The number of benzene rings is 1. The molecule has 1 atom stereocenters. The van der Waals surface area contributed by atoms with Crippen molar-refractivity contribution in [2.45, 2.75) is 25.3 Å². The van der Waals surface area contributed by atoms with Crippen LogP contribution in [0.5, 0.6) is 0 Å². The summed E-state index contributed by atoms with van der Waals surface area (Å²) in [7, 11) is 4.18. The van der Waals surface area contributed by atoms with Gasteiger partial charge in [0.25, 0.3) is 0 Å². The molecule has 1 saturated heterocycles. The zero-order valence-corrected chi connectivity index (χ0v) is 12.3. The van der Waals surface area contributed by atoms with Crippen LogP contribution in [0, 0.1) is 5.82 Å². The van der Waals surface area contributed by atoms with Gasteiger partial charge in [-0.1, -0.05) is 12.1 Å². The van der Waals surface area contributed by atoms with E-state index in [-0.39, 0.29) is 11.6 Å². The fourth-order valence-electron chi connectivity index (χ4n) is 2.73. The summed E-state index contributed by atoms with van der Waals surface area (Å²) in [6.07, 6.45) is 2.74. The zero-order chi connectivity index (χ0) is 14.5. The maximum absolute atomic E-state index is 12.8. The molecular formula is C16H23FN2O. The van der Waals surface area contributed by atoms with E-state index in [0.29, 0.717) is 19.0 Å². The second-order valence-corrected chi connectivity index (χ2v) is 5.84. The van der Waals surface area contributed by atoms with Crippen LogP contribution >= 0.6 is 0 Å². The predicted molar refractivity (Wildman–Crippen MR) is 78.3 cm³/mol. The van der Waals surface area contributed by atoms with E-state index in [1.807, 2.05) is 0 Å². The Hall–Kier alpha value is -1.26. The van der Waals surface area contributed by atoms with Crippen LogP contribution in [0.15, 0.2) is 24.3 Å². The smallest absolute Gasteiger partial charge is 0.151 e. The molecule has 0 spiro atoms. The molecular weight excluding hydrogens is 255 g/mol. The van der Waals surface area contributed by atoms with Gasteiger partial charge in [-0.2, -0.15) is 0 Å². The fourth-order valence-corrected chi connectivity index (χ4v) is 2.73. The van der Waals surface area contributed by atoms with Gasteiger partial charge in [-0.3, -0.25) is 9.69 Å². The SMILES string of the molecule is CN(C)C1CCCN(CC(=O)Cc2ccc(F)cc2)C1. The lowest BCUT2D eigenvalue weighted by Crippen LogP contribution is -2.46. The quantitative estimate of drug-likeness (QED) is 0.822. The number of piperidine rings is 1. The third kappa shape index (κ3) is 4.39. The summed E-state index contributed by atoms with van der Waals surface area (Å²) in [6.45, 7) is 2.46. The van der Waals surface area contributed by atoms with E-state index in [4.69, 9.17) is 0 Å². The van der Waals surface area contributed by atoms with Gasteiger partial charge in [-0.15, -0.1) is 0 Å². The third-order valence-corrected chi connectivity index (χ3v) is 3.93. The van der Waals surface area contributed by atoms with Gasteiger partial charge in [-0.05, 0) is 51.2 Å². The molecule has 0 bridgehead atoms. The molecule has 1 heterocycles. The molecule has 0 aromatic heterocycles. The number of halogens is 1. The van der Waals surface area contributed by atoms with Gasteiger partial charge in [0.15, 0.2) is 5.78 Å². The first-order valence-corrected chi connectivity index (χ1v) is 7.19. The molecule has 1 aromatic rings. The van der Waals surface area contributed by atoms with Gasteiger partial charge in [-0.25, -0.2) is 4.39 Å². The summed E-state index contributed by atoms with van der Waals surface area (Å²) in [5.41, 5.74) is 0.887. The van der Waals surface area contributed by atoms with Gasteiger partial charge in [0.1, 0.15) is 5.82 Å². The molecule has 110 valence electrons. The number of Topliss-reactive ketones (excluding diaryl/α,β-unsaturated/α-hetero) is 1. The maximum atomic E-state index is 12.8. The van der Waals surface area contributed by atoms with E-state index >= 15 is 0 Å². The van der Waals surface area contributed by atoms with Crippen molar-refractivity contribution in [3.8, 4) is 0 Å². The molecule has 0 aliphatic carbocycles. The number of hydrogen-bond acceptors (Lipinski definition) is 3. The Morgan fingerprint density at radius 3 is 2.70 bits per heavy atom. The van der Waals surface area contributed by atoms with Crippen LogP contribution in [0.3, 0.4) is 0 Å². The molecule has 1 unspecified atom stereocenters. The third-order valence-electron chi connectivity index (χ3n) is 3.93. The molecule has 0 N–H and O–H groups in total. The van der Waals surface area contributed by atoms with Crippen LogP contribution in [0.1, 0.15) is 18.4 Å². The molecule has 4 heteroatoms. The first kappa shape index (κ1) is 15.1. The Morgan fingerprint density at radius 1 is 1.35 bits per heavy atom. The second kappa shape index (κ2) is 6.95. The summed E-state index contributed by atoms with van der Waals surface area (Å²) in [6, 6.07) is 6.73. The normalized spacial score (nSPS) is 20.3. The van der Waals surface area contributed by atoms with Crippen molar-refractivity contribution in [2.75, 3.05) is 33.7 Å². The molecule has 1 aliphatic rings. The Kier molecular flexibility index (Phi) is 5.26. The summed E-state index contributed by atoms with van der Waals surface area (Å²) in [5.74, 6) is -0.0536. The molecule has 2 rings (SSSR count). The second-order valence-electron chi connectivity index (χ2n) is 5.84. The monoisotopic (exact) mass is 278 g/mol. The number of rotatable bonds is 5. The minimum atomic E-state index is -0.258. The standard InChI is InChI=1S/C16H23FN2O/c1-18(2)15-4-3-9-19(11-15)12-16(20)10-13-5-7-14(17)8-6-13/h5-8,15H,3-4,9-12H2,1-2H3. The van der Waals surface area contributed by atoms with Crippen molar-refractivity contribution in [1.29, 1.82) is 0 Å². The highest BCUT2D eigenvalue weighted by molar-refractivity contribution is 5.82. The van der Waals surface area contributed by atoms with E-state index in [9.17, 15) is 9.18 Å². The molecule has 3 nitrogen and oxygen atoms in total. The van der Waals surface area contributed by atoms with Crippen LogP contribution in [0.4, 0.5) is 4.39 Å². The van der Waals surface area contributed by atoms with Gasteiger partial charge >= 0.3 is 0 Å². The van der Waals surface area contributed by atoms with Crippen LogP contribution in [-0.2, 0) is 11.2 Å². The van der Waals surface area contributed by atoms with E-state index in [1.165, 1.54) is 18.6 Å². The summed E-state index contributed by atoms with van der Waals surface area (Å²) < 4.78 is 12.8. The Balaban J connectivity index is 1.83. The zero-order valence-electron chi connectivity index (χ0n) is 12.3. The van der Waals surface area contributed by atoms with Crippen molar-refractivity contribution in [2.24, 2.45) is 0 Å². The van der Waals surface area contributed by atoms with Crippen LogP contribution in [0.2, 0.25) is 0 Å². The largest absolute Gasteiger partial charge is 0.305 e. The number of ketones is 1. The molecule has 1 fully saturated rings.